The van der Waals surface area contributed by atoms with Gasteiger partial charge in [0.25, 0.3) is 0 Å². The van der Waals surface area contributed by atoms with Gasteiger partial charge in [-0.15, -0.1) is 0 Å². The third kappa shape index (κ3) is 4.08. The summed E-state index contributed by atoms with van der Waals surface area (Å²) in [6, 6.07) is 5.51. The standard InChI is InChI=1S/C22H27N3O2/c1-7-10-19(26)25(5)21(16-11-9-12-24-14-16)18-13-15(3)17(8-2)20(23-4)22(18)27-6/h8-9,11-14,21H,2,4,7,10H2,1,3,5-6H3. The first-order chi connectivity index (χ1) is 13.0. The number of nitrogens with zero attached hydrogens (tertiary/aromatic N) is 3. The Hall–Kier alpha value is -2.95. The van der Waals surface area contributed by atoms with Gasteiger partial charge in [-0.2, -0.15) is 0 Å². The molecule has 1 atom stereocenters. The first kappa shape index (κ1) is 20.4. The molecule has 0 aliphatic heterocycles. The lowest BCUT2D eigenvalue weighted by Crippen LogP contribution is -2.32. The molecule has 27 heavy (non-hydrogen) atoms. The minimum Gasteiger partial charge on any atom is -0.494 e. The number of aliphatic imine (C=N–C) groups is 1. The molecule has 0 fully saturated rings. The van der Waals surface area contributed by atoms with Gasteiger partial charge in [0.1, 0.15) is 5.69 Å². The fourth-order valence-electron chi connectivity index (χ4n) is 3.34. The number of hydrogen-bond acceptors (Lipinski definition) is 4. The first-order valence-electron chi connectivity index (χ1n) is 8.96. The van der Waals surface area contributed by atoms with Crippen molar-refractivity contribution in [1.82, 2.24) is 9.88 Å². The second-order valence-electron chi connectivity index (χ2n) is 6.38. The van der Waals surface area contributed by atoms with E-state index in [1.54, 1.807) is 30.5 Å². The monoisotopic (exact) mass is 365 g/mol. The summed E-state index contributed by atoms with van der Waals surface area (Å²) in [5.41, 5.74) is 4.26. The Morgan fingerprint density at radius 2 is 2.22 bits per heavy atom. The highest BCUT2D eigenvalue weighted by atomic mass is 16.5. The molecule has 0 aliphatic carbocycles. The SMILES string of the molecule is C=Cc1c(C)cc(C(c2cccnc2)N(C)C(=O)CCC)c(OC)c1N=C. The number of methoxy groups -OCH3 is 1. The highest BCUT2D eigenvalue weighted by Crippen LogP contribution is 2.43. The fourth-order valence-corrected chi connectivity index (χ4v) is 3.34. The van der Waals surface area contributed by atoms with Crippen LogP contribution in [0.4, 0.5) is 5.69 Å². The van der Waals surface area contributed by atoms with Crippen molar-refractivity contribution in [3.8, 4) is 5.75 Å². The van der Waals surface area contributed by atoms with E-state index in [0.717, 1.165) is 28.7 Å². The largest absolute Gasteiger partial charge is 0.494 e. The second-order valence-corrected chi connectivity index (χ2v) is 6.38. The molecular formula is C22H27N3O2. The highest BCUT2D eigenvalue weighted by molar-refractivity contribution is 5.79. The maximum absolute atomic E-state index is 12.7. The third-order valence-corrected chi connectivity index (χ3v) is 4.63. The highest BCUT2D eigenvalue weighted by Gasteiger charge is 2.28. The average Bonchev–Trinajstić information content (AvgIpc) is 2.68. The Labute approximate surface area is 161 Å². The number of pyridine rings is 1. The van der Waals surface area contributed by atoms with Crippen molar-refractivity contribution in [2.45, 2.75) is 32.7 Å². The number of aryl methyl sites for hydroxylation is 1. The van der Waals surface area contributed by atoms with Crippen LogP contribution in [-0.4, -0.2) is 36.7 Å². The van der Waals surface area contributed by atoms with Crippen LogP contribution in [0, 0.1) is 6.92 Å². The maximum Gasteiger partial charge on any atom is 0.223 e. The van der Waals surface area contributed by atoms with E-state index in [1.165, 1.54) is 0 Å². The van der Waals surface area contributed by atoms with Crippen molar-refractivity contribution in [3.05, 3.63) is 59.4 Å². The summed E-state index contributed by atoms with van der Waals surface area (Å²) in [4.78, 5) is 22.9. The number of carbonyl (C=O) groups is 1. The predicted molar refractivity (Wildman–Crippen MR) is 111 cm³/mol. The molecular weight excluding hydrogens is 338 g/mol. The van der Waals surface area contributed by atoms with Crippen LogP contribution in [0.1, 0.15) is 48.1 Å². The summed E-state index contributed by atoms with van der Waals surface area (Å²) >= 11 is 0. The van der Waals surface area contributed by atoms with Crippen LogP contribution < -0.4 is 4.74 Å². The van der Waals surface area contributed by atoms with E-state index >= 15 is 0 Å². The number of carbonyl (C=O) groups excluding carboxylic acids is 1. The van der Waals surface area contributed by atoms with Gasteiger partial charge in [0, 0.05) is 37.0 Å². The molecule has 0 N–H and O–H groups in total. The van der Waals surface area contributed by atoms with Gasteiger partial charge in [-0.25, -0.2) is 0 Å². The van der Waals surface area contributed by atoms with Gasteiger partial charge in [0.05, 0.1) is 13.2 Å². The van der Waals surface area contributed by atoms with Gasteiger partial charge >= 0.3 is 0 Å². The quantitative estimate of drug-likeness (QED) is 0.636. The molecule has 0 saturated heterocycles. The van der Waals surface area contributed by atoms with E-state index in [4.69, 9.17) is 4.74 Å². The summed E-state index contributed by atoms with van der Waals surface area (Å²) in [6.07, 6.45) is 6.50. The summed E-state index contributed by atoms with van der Waals surface area (Å²) in [5, 5.41) is 0. The van der Waals surface area contributed by atoms with E-state index in [9.17, 15) is 4.79 Å². The van der Waals surface area contributed by atoms with Crippen molar-refractivity contribution in [2.75, 3.05) is 14.2 Å². The topological polar surface area (TPSA) is 54.8 Å². The zero-order valence-electron chi connectivity index (χ0n) is 16.5. The van der Waals surface area contributed by atoms with E-state index in [1.807, 2.05) is 39.1 Å². The van der Waals surface area contributed by atoms with Gasteiger partial charge in [0.15, 0.2) is 5.75 Å². The smallest absolute Gasteiger partial charge is 0.223 e. The van der Waals surface area contributed by atoms with Crippen molar-refractivity contribution in [2.24, 2.45) is 4.99 Å². The van der Waals surface area contributed by atoms with E-state index in [0.29, 0.717) is 17.9 Å². The molecule has 142 valence electrons. The van der Waals surface area contributed by atoms with Crippen LogP contribution in [0.15, 0.2) is 42.2 Å². The molecule has 1 unspecified atom stereocenters. The van der Waals surface area contributed by atoms with Gasteiger partial charge < -0.3 is 9.64 Å². The zero-order valence-corrected chi connectivity index (χ0v) is 16.5. The Bertz CT molecular complexity index is 831. The molecule has 0 radical (unpaired) electrons. The Kier molecular flexibility index (Phi) is 6.88. The van der Waals surface area contributed by atoms with Crippen molar-refractivity contribution in [1.29, 1.82) is 0 Å². The minimum atomic E-state index is -0.342. The van der Waals surface area contributed by atoms with Gasteiger partial charge in [-0.05, 0) is 43.3 Å². The summed E-state index contributed by atoms with van der Waals surface area (Å²) < 4.78 is 5.72. The van der Waals surface area contributed by atoms with Crippen molar-refractivity contribution >= 4 is 24.4 Å². The Morgan fingerprint density at radius 3 is 2.74 bits per heavy atom. The van der Waals surface area contributed by atoms with Gasteiger partial charge in [-0.3, -0.25) is 14.8 Å². The average molecular weight is 365 g/mol. The normalized spacial score (nSPS) is 11.6. The van der Waals surface area contributed by atoms with Crippen LogP contribution >= 0.6 is 0 Å². The van der Waals surface area contributed by atoms with Crippen LogP contribution in [0.2, 0.25) is 0 Å². The molecule has 0 bridgehead atoms. The second kappa shape index (κ2) is 9.12. The van der Waals surface area contributed by atoms with E-state index in [-0.39, 0.29) is 11.9 Å². The summed E-state index contributed by atoms with van der Waals surface area (Å²) in [6.45, 7) is 11.6. The van der Waals surface area contributed by atoms with Crippen molar-refractivity contribution < 1.29 is 9.53 Å². The molecule has 1 aromatic carbocycles. The fraction of sp³-hybridized carbons (Fsp3) is 0.318. The molecule has 1 amide bonds. The van der Waals surface area contributed by atoms with E-state index in [2.05, 4.69) is 23.3 Å². The lowest BCUT2D eigenvalue weighted by Gasteiger charge is -2.31. The molecule has 1 aromatic heterocycles. The number of hydrogen-bond donors (Lipinski definition) is 0. The van der Waals surface area contributed by atoms with Gasteiger partial charge in [0.2, 0.25) is 5.91 Å². The molecule has 0 saturated carbocycles. The molecule has 0 spiro atoms. The van der Waals surface area contributed by atoms with Crippen LogP contribution in [0.5, 0.6) is 5.75 Å². The molecule has 2 rings (SSSR count). The predicted octanol–water partition coefficient (Wildman–Crippen LogP) is 4.72. The summed E-state index contributed by atoms with van der Waals surface area (Å²) in [5.74, 6) is 0.655. The van der Waals surface area contributed by atoms with Crippen LogP contribution in [0.3, 0.4) is 0 Å². The molecule has 5 heteroatoms. The maximum atomic E-state index is 12.7. The third-order valence-electron chi connectivity index (χ3n) is 4.63. The number of benzene rings is 1. The van der Waals surface area contributed by atoms with E-state index < -0.39 is 0 Å². The number of amides is 1. The zero-order chi connectivity index (χ0) is 20.0. The van der Waals surface area contributed by atoms with Crippen LogP contribution in [-0.2, 0) is 4.79 Å². The lowest BCUT2D eigenvalue weighted by molar-refractivity contribution is -0.131. The molecule has 1 heterocycles. The van der Waals surface area contributed by atoms with Gasteiger partial charge in [-0.1, -0.05) is 25.6 Å². The molecule has 5 nitrogen and oxygen atoms in total. The van der Waals surface area contributed by atoms with Crippen molar-refractivity contribution in [3.63, 3.8) is 0 Å². The Balaban J connectivity index is 2.76. The number of aromatic nitrogens is 1. The number of rotatable bonds is 8. The first-order valence-corrected chi connectivity index (χ1v) is 8.96. The summed E-state index contributed by atoms with van der Waals surface area (Å²) in [7, 11) is 3.41. The Morgan fingerprint density at radius 1 is 1.48 bits per heavy atom. The number of ether oxygens (including phenoxy) is 1. The minimum absolute atomic E-state index is 0.0620. The molecule has 2 aromatic rings. The lowest BCUT2D eigenvalue weighted by atomic mass is 9.92. The molecule has 0 aliphatic rings. The van der Waals surface area contributed by atoms with Crippen LogP contribution in [0.25, 0.3) is 6.08 Å².